The molecule has 1 aliphatic carbocycles. The molecule has 1 aliphatic rings. The zero-order valence-corrected chi connectivity index (χ0v) is 12.3. The number of hydrogen-bond donors (Lipinski definition) is 3. The van der Waals surface area contributed by atoms with Gasteiger partial charge in [0.25, 0.3) is 10.1 Å². The summed E-state index contributed by atoms with van der Waals surface area (Å²) >= 11 is 0. The molecular weight excluding hydrogens is 338 g/mol. The van der Waals surface area contributed by atoms with E-state index >= 15 is 0 Å². The van der Waals surface area contributed by atoms with E-state index in [1.165, 1.54) is 24.3 Å². The van der Waals surface area contributed by atoms with Crippen molar-refractivity contribution < 1.29 is 35.5 Å². The fourth-order valence-electron chi connectivity index (χ4n) is 1.92. The van der Waals surface area contributed by atoms with Gasteiger partial charge in [-0.05, 0) is 0 Å². The third kappa shape index (κ3) is 3.06. The van der Waals surface area contributed by atoms with E-state index < -0.39 is 48.3 Å². The smallest absolute Gasteiger partial charge is 0.300 e. The number of Topliss-reactive ketones (excluding diaryl/α,β-unsaturated/α-hetero) is 2. The number of allylic oxidation sites excluding steroid dienone is 2. The van der Waals surface area contributed by atoms with E-state index in [1.807, 2.05) is 5.32 Å². The maximum Gasteiger partial charge on any atom is 0.300 e. The predicted molar refractivity (Wildman–Crippen MR) is 73.2 cm³/mol. The Kier molecular flexibility index (Phi) is 3.91. The lowest BCUT2D eigenvalue weighted by molar-refractivity contribution is 0.0974. The quantitative estimate of drug-likeness (QED) is 0.617. The van der Waals surface area contributed by atoms with Crippen LogP contribution in [0.3, 0.4) is 0 Å². The molecule has 0 bridgehead atoms. The number of ketones is 2. The van der Waals surface area contributed by atoms with Crippen LogP contribution in [-0.4, -0.2) is 43.4 Å². The van der Waals surface area contributed by atoms with Gasteiger partial charge in [0.2, 0.25) is 11.6 Å². The topological polar surface area (TPSA) is 155 Å². The number of nitrogens with one attached hydrogen (secondary N) is 1. The van der Waals surface area contributed by atoms with E-state index in [0.29, 0.717) is 0 Å². The normalized spacial score (nSPS) is 15.7. The van der Waals surface area contributed by atoms with Crippen LogP contribution in [0, 0.1) is 0 Å². The summed E-state index contributed by atoms with van der Waals surface area (Å²) in [7, 11) is -9.69. The zero-order valence-electron chi connectivity index (χ0n) is 10.7. The lowest BCUT2D eigenvalue weighted by atomic mass is 9.92. The first-order valence-corrected chi connectivity index (χ1v) is 8.66. The van der Waals surface area contributed by atoms with Crippen LogP contribution in [0.4, 0.5) is 0 Å². The highest BCUT2D eigenvalue weighted by atomic mass is 32.2. The summed E-state index contributed by atoms with van der Waals surface area (Å²) in [5.74, 6) is -3.36. The average Bonchev–Trinajstić information content (AvgIpc) is 2.38. The number of carbonyl (C=O) groups excluding carboxylic acids is 2. The van der Waals surface area contributed by atoms with Gasteiger partial charge < -0.3 is 5.32 Å². The predicted octanol–water partition coefficient (Wildman–Crippen LogP) is -0.400. The Hall–Kier alpha value is -2.08. The van der Waals surface area contributed by atoms with Crippen LogP contribution in [-0.2, 0) is 20.2 Å². The van der Waals surface area contributed by atoms with Crippen molar-refractivity contribution in [3.8, 4) is 0 Å². The van der Waals surface area contributed by atoms with Crippen LogP contribution in [0.25, 0.3) is 0 Å². The van der Waals surface area contributed by atoms with Crippen LogP contribution in [0.15, 0.2) is 34.9 Å². The van der Waals surface area contributed by atoms with Crippen molar-refractivity contribution in [1.82, 2.24) is 5.32 Å². The average molecular weight is 347 g/mol. The van der Waals surface area contributed by atoms with E-state index in [0.717, 1.165) is 0 Å². The molecule has 0 atom stereocenters. The molecule has 0 amide bonds. The molecule has 0 saturated heterocycles. The molecule has 9 nitrogen and oxygen atoms in total. The molecule has 0 radical (unpaired) electrons. The minimum atomic E-state index is -5.10. The fourth-order valence-corrected chi connectivity index (χ4v) is 3.02. The molecular formula is C11H9NO8S2. The monoisotopic (exact) mass is 347 g/mol. The third-order valence-electron chi connectivity index (χ3n) is 2.77. The molecule has 1 aromatic carbocycles. The van der Waals surface area contributed by atoms with Crippen LogP contribution < -0.4 is 5.32 Å². The molecule has 0 heterocycles. The number of carbonyl (C=O) groups is 2. The van der Waals surface area contributed by atoms with Crippen molar-refractivity contribution in [2.45, 2.75) is 0 Å². The van der Waals surface area contributed by atoms with Crippen LogP contribution in [0.5, 0.6) is 0 Å². The van der Waals surface area contributed by atoms with Gasteiger partial charge in [-0.15, -0.1) is 0 Å². The molecule has 0 saturated carbocycles. The molecule has 2 rings (SSSR count). The molecule has 22 heavy (non-hydrogen) atoms. The van der Waals surface area contributed by atoms with E-state index in [1.54, 1.807) is 0 Å². The van der Waals surface area contributed by atoms with E-state index in [9.17, 15) is 26.4 Å². The first-order valence-electron chi connectivity index (χ1n) is 5.61. The Bertz CT molecular complexity index is 911. The van der Waals surface area contributed by atoms with E-state index in [4.69, 9.17) is 9.11 Å². The first-order chi connectivity index (χ1) is 10.0. The van der Waals surface area contributed by atoms with E-state index in [-0.39, 0.29) is 11.1 Å². The maximum atomic E-state index is 12.2. The maximum absolute atomic E-state index is 12.2. The second-order valence-corrected chi connectivity index (χ2v) is 7.10. The summed E-state index contributed by atoms with van der Waals surface area (Å²) in [6.07, 6.45) is 0. The van der Waals surface area contributed by atoms with Crippen molar-refractivity contribution >= 4 is 31.8 Å². The zero-order chi connectivity index (χ0) is 16.7. The third-order valence-corrected chi connectivity index (χ3v) is 4.18. The van der Waals surface area contributed by atoms with Gasteiger partial charge in [0, 0.05) is 11.1 Å². The largest absolute Gasteiger partial charge is 0.365 e. The van der Waals surface area contributed by atoms with Crippen LogP contribution >= 0.6 is 0 Å². The Morgan fingerprint density at radius 1 is 0.909 bits per heavy atom. The molecule has 0 spiro atoms. The second kappa shape index (κ2) is 5.28. The summed E-state index contributed by atoms with van der Waals surface area (Å²) in [6.45, 7) is 0. The Morgan fingerprint density at radius 3 is 1.86 bits per heavy atom. The van der Waals surface area contributed by atoms with Gasteiger partial charge in [-0.1, -0.05) is 24.3 Å². The number of fused-ring (bicyclic) bond motifs is 1. The second-order valence-electron chi connectivity index (χ2n) is 4.29. The van der Waals surface area contributed by atoms with Gasteiger partial charge in [-0.25, -0.2) is 0 Å². The summed E-state index contributed by atoms with van der Waals surface area (Å²) in [6, 6.07) is 5.25. The van der Waals surface area contributed by atoms with Gasteiger partial charge in [0.05, 0.1) is 0 Å². The summed E-state index contributed by atoms with van der Waals surface area (Å²) in [5.41, 5.74) is -1.31. The van der Waals surface area contributed by atoms with Crippen LogP contribution in [0.2, 0.25) is 0 Å². The molecule has 0 aromatic heterocycles. The van der Waals surface area contributed by atoms with Crippen LogP contribution in [0.1, 0.15) is 20.7 Å². The van der Waals surface area contributed by atoms with E-state index in [2.05, 4.69) is 0 Å². The number of hydrogen-bond acceptors (Lipinski definition) is 7. The highest BCUT2D eigenvalue weighted by Crippen LogP contribution is 2.27. The SMILES string of the molecule is O=C1C(NCS(=O)(=O)O)=C(S(=O)(=O)O)C(=O)c2ccccc21. The van der Waals surface area contributed by atoms with Gasteiger partial charge >= 0.3 is 10.1 Å². The number of rotatable bonds is 4. The first kappa shape index (κ1) is 16.3. The molecule has 0 aliphatic heterocycles. The highest BCUT2D eigenvalue weighted by Gasteiger charge is 2.38. The molecule has 1 aromatic rings. The minimum absolute atomic E-state index is 0.155. The Balaban J connectivity index is 2.67. The lowest BCUT2D eigenvalue weighted by Gasteiger charge is -2.19. The Labute approximate surface area is 125 Å². The summed E-state index contributed by atoms with van der Waals surface area (Å²) in [5, 5.41) is 1.87. The van der Waals surface area contributed by atoms with Crippen molar-refractivity contribution in [1.29, 1.82) is 0 Å². The molecule has 3 N–H and O–H groups in total. The lowest BCUT2D eigenvalue weighted by Crippen LogP contribution is -2.35. The summed E-state index contributed by atoms with van der Waals surface area (Å²) < 4.78 is 62.0. The van der Waals surface area contributed by atoms with Crippen molar-refractivity contribution in [3.05, 3.63) is 46.0 Å². The molecule has 0 unspecified atom stereocenters. The molecule has 0 fully saturated rings. The Morgan fingerprint density at radius 2 is 1.41 bits per heavy atom. The fraction of sp³-hybridized carbons (Fsp3) is 0.0909. The summed E-state index contributed by atoms with van der Waals surface area (Å²) in [4.78, 5) is 23.1. The van der Waals surface area contributed by atoms with Crippen molar-refractivity contribution in [2.24, 2.45) is 0 Å². The van der Waals surface area contributed by atoms with Gasteiger partial charge in [-0.2, -0.15) is 16.8 Å². The molecule has 11 heteroatoms. The van der Waals surface area contributed by atoms with Gasteiger partial charge in [0.15, 0.2) is 4.91 Å². The van der Waals surface area contributed by atoms with Crippen molar-refractivity contribution in [3.63, 3.8) is 0 Å². The van der Waals surface area contributed by atoms with Gasteiger partial charge in [0.1, 0.15) is 11.6 Å². The highest BCUT2D eigenvalue weighted by molar-refractivity contribution is 7.91. The van der Waals surface area contributed by atoms with Gasteiger partial charge in [-0.3, -0.25) is 18.7 Å². The van der Waals surface area contributed by atoms with Crippen molar-refractivity contribution in [2.75, 3.05) is 5.88 Å². The standard InChI is InChI=1S/C11H9NO8S2/c13-9-6-3-1-2-4-7(6)10(14)11(22(18,19)20)8(9)12-5-21(15,16)17/h1-4,12H,5H2,(H,15,16,17)(H,18,19,20). The molecule has 118 valence electrons. The minimum Gasteiger partial charge on any atom is -0.365 e. The number of benzene rings is 1.